The van der Waals surface area contributed by atoms with Crippen LogP contribution in [0.15, 0.2) is 0 Å². The summed E-state index contributed by atoms with van der Waals surface area (Å²) in [5.74, 6) is 5.00. The third-order valence-corrected chi connectivity index (χ3v) is 2.13. The number of carboxylic acids is 1. The first-order valence-electron chi connectivity index (χ1n) is 5.55. The molecule has 9 heteroatoms. The predicted octanol–water partition coefficient (Wildman–Crippen LogP) is -0.204. The van der Waals surface area contributed by atoms with Gasteiger partial charge in [-0.05, 0) is 12.8 Å². The standard InChI is InChI=1S/C9H17N7O2/c10-7-13-8(15-9(14-7)16-11)12-5-3-1-2-4-6(17)18/h1-5,11H2,(H,17,18)(H4,10,12,13,14,15,16). The fourth-order valence-corrected chi connectivity index (χ4v) is 1.31. The van der Waals surface area contributed by atoms with Gasteiger partial charge in [-0.15, -0.1) is 0 Å². The van der Waals surface area contributed by atoms with E-state index >= 15 is 0 Å². The average molecular weight is 255 g/mol. The van der Waals surface area contributed by atoms with Crippen LogP contribution in [0, 0.1) is 0 Å². The number of hydrogen-bond acceptors (Lipinski definition) is 8. The third-order valence-electron chi connectivity index (χ3n) is 2.13. The highest BCUT2D eigenvalue weighted by Crippen LogP contribution is 2.06. The van der Waals surface area contributed by atoms with Crippen molar-refractivity contribution in [2.24, 2.45) is 5.84 Å². The molecule has 1 heterocycles. The number of carbonyl (C=O) groups is 1. The number of nitrogens with one attached hydrogen (secondary N) is 2. The molecule has 0 aliphatic carbocycles. The molecule has 0 unspecified atom stereocenters. The molecule has 0 atom stereocenters. The fourth-order valence-electron chi connectivity index (χ4n) is 1.31. The zero-order valence-corrected chi connectivity index (χ0v) is 9.89. The van der Waals surface area contributed by atoms with Crippen molar-refractivity contribution in [3.63, 3.8) is 0 Å². The Hall–Kier alpha value is -2.16. The van der Waals surface area contributed by atoms with Crippen LogP contribution < -0.4 is 22.3 Å². The molecule has 1 aromatic rings. The van der Waals surface area contributed by atoms with Crippen LogP contribution in [0.4, 0.5) is 17.8 Å². The minimum Gasteiger partial charge on any atom is -0.481 e. The number of rotatable bonds is 8. The number of anilines is 3. The van der Waals surface area contributed by atoms with E-state index in [-0.39, 0.29) is 18.3 Å². The number of aromatic nitrogens is 3. The Morgan fingerprint density at radius 2 is 1.89 bits per heavy atom. The average Bonchev–Trinajstić information content (AvgIpc) is 2.32. The molecule has 0 fully saturated rings. The lowest BCUT2D eigenvalue weighted by atomic mass is 10.2. The highest BCUT2D eigenvalue weighted by molar-refractivity contribution is 5.66. The summed E-state index contributed by atoms with van der Waals surface area (Å²) in [5.41, 5.74) is 7.74. The molecule has 0 saturated heterocycles. The van der Waals surface area contributed by atoms with Crippen LogP contribution in [-0.2, 0) is 4.79 Å². The number of aliphatic carboxylic acids is 1. The zero-order valence-electron chi connectivity index (χ0n) is 9.89. The van der Waals surface area contributed by atoms with E-state index in [1.165, 1.54) is 0 Å². The van der Waals surface area contributed by atoms with Gasteiger partial charge in [-0.25, -0.2) is 5.84 Å². The molecule has 1 rings (SSSR count). The molecule has 0 saturated carbocycles. The Bertz CT molecular complexity index is 399. The highest BCUT2D eigenvalue weighted by atomic mass is 16.4. The minimum absolute atomic E-state index is 0.0753. The van der Waals surface area contributed by atoms with Crippen molar-refractivity contribution >= 4 is 23.8 Å². The third kappa shape index (κ3) is 5.25. The van der Waals surface area contributed by atoms with Crippen molar-refractivity contribution in [3.8, 4) is 0 Å². The van der Waals surface area contributed by atoms with Gasteiger partial charge in [0.25, 0.3) is 0 Å². The van der Waals surface area contributed by atoms with E-state index < -0.39 is 5.97 Å². The van der Waals surface area contributed by atoms with Crippen molar-refractivity contribution in [2.45, 2.75) is 25.7 Å². The maximum atomic E-state index is 10.3. The number of nitrogens with two attached hydrogens (primary N) is 2. The molecule has 9 nitrogen and oxygen atoms in total. The SMILES string of the molecule is NNc1nc(N)nc(NCCCCCC(=O)O)n1. The van der Waals surface area contributed by atoms with Crippen LogP contribution in [0.3, 0.4) is 0 Å². The number of nitrogens with zero attached hydrogens (tertiary/aromatic N) is 3. The predicted molar refractivity (Wildman–Crippen MR) is 66.6 cm³/mol. The Morgan fingerprint density at radius 1 is 1.17 bits per heavy atom. The molecule has 0 spiro atoms. The van der Waals surface area contributed by atoms with Gasteiger partial charge in [-0.3, -0.25) is 10.2 Å². The molecule has 0 aliphatic heterocycles. The molecule has 100 valence electrons. The lowest BCUT2D eigenvalue weighted by Crippen LogP contribution is -2.15. The summed E-state index contributed by atoms with van der Waals surface area (Å²) in [7, 11) is 0. The van der Waals surface area contributed by atoms with E-state index in [4.69, 9.17) is 16.7 Å². The number of hydrazine groups is 1. The largest absolute Gasteiger partial charge is 0.481 e. The number of hydrogen-bond donors (Lipinski definition) is 5. The second-order valence-electron chi connectivity index (χ2n) is 3.62. The van der Waals surface area contributed by atoms with Gasteiger partial charge in [0.05, 0.1) is 0 Å². The minimum atomic E-state index is -0.771. The van der Waals surface area contributed by atoms with Crippen molar-refractivity contribution in [3.05, 3.63) is 0 Å². The Balaban J connectivity index is 2.26. The van der Waals surface area contributed by atoms with Gasteiger partial charge in [0, 0.05) is 13.0 Å². The van der Waals surface area contributed by atoms with Crippen molar-refractivity contribution < 1.29 is 9.90 Å². The van der Waals surface area contributed by atoms with Gasteiger partial charge in [0.1, 0.15) is 0 Å². The molecule has 0 amide bonds. The molecule has 1 aromatic heterocycles. The van der Waals surface area contributed by atoms with Crippen LogP contribution in [-0.4, -0.2) is 32.6 Å². The fraction of sp³-hybridized carbons (Fsp3) is 0.556. The number of unbranched alkanes of at least 4 members (excludes halogenated alkanes) is 2. The van der Waals surface area contributed by atoms with Crippen LogP contribution in [0.2, 0.25) is 0 Å². The van der Waals surface area contributed by atoms with Gasteiger partial charge in [-0.2, -0.15) is 15.0 Å². The summed E-state index contributed by atoms with van der Waals surface area (Å²) < 4.78 is 0. The summed E-state index contributed by atoms with van der Waals surface area (Å²) in [6, 6.07) is 0. The number of carboxylic acid groups (broad SMARTS) is 1. The van der Waals surface area contributed by atoms with Crippen molar-refractivity contribution in [2.75, 3.05) is 23.0 Å². The van der Waals surface area contributed by atoms with E-state index in [2.05, 4.69) is 25.7 Å². The number of nitrogen functional groups attached to an aromatic ring is 2. The van der Waals surface area contributed by atoms with Crippen LogP contribution in [0.25, 0.3) is 0 Å². The maximum absolute atomic E-state index is 10.3. The lowest BCUT2D eigenvalue weighted by molar-refractivity contribution is -0.137. The first-order valence-corrected chi connectivity index (χ1v) is 5.55. The maximum Gasteiger partial charge on any atom is 0.303 e. The molecule has 0 bridgehead atoms. The van der Waals surface area contributed by atoms with Crippen LogP contribution >= 0.6 is 0 Å². The first-order chi connectivity index (χ1) is 8.61. The van der Waals surface area contributed by atoms with Gasteiger partial charge in [0.2, 0.25) is 17.8 Å². The smallest absolute Gasteiger partial charge is 0.303 e. The van der Waals surface area contributed by atoms with E-state index in [9.17, 15) is 4.79 Å². The Labute approximate surface area is 104 Å². The van der Waals surface area contributed by atoms with Gasteiger partial charge >= 0.3 is 5.97 Å². The van der Waals surface area contributed by atoms with E-state index in [1.54, 1.807) is 0 Å². The highest BCUT2D eigenvalue weighted by Gasteiger charge is 2.02. The molecular weight excluding hydrogens is 238 g/mol. The summed E-state index contributed by atoms with van der Waals surface area (Å²) in [6.45, 7) is 0.632. The molecule has 0 aliphatic rings. The van der Waals surface area contributed by atoms with Crippen LogP contribution in [0.5, 0.6) is 0 Å². The van der Waals surface area contributed by atoms with Gasteiger partial charge in [-0.1, -0.05) is 6.42 Å². The second-order valence-corrected chi connectivity index (χ2v) is 3.62. The first kappa shape index (κ1) is 13.9. The van der Waals surface area contributed by atoms with E-state index in [1.807, 2.05) is 0 Å². The Kier molecular flexibility index (Phi) is 5.58. The summed E-state index contributed by atoms with van der Waals surface area (Å²) in [6.07, 6.45) is 2.50. The lowest BCUT2D eigenvalue weighted by Gasteiger charge is -2.06. The molecule has 0 radical (unpaired) electrons. The molecule has 18 heavy (non-hydrogen) atoms. The Morgan fingerprint density at radius 3 is 2.56 bits per heavy atom. The summed E-state index contributed by atoms with van der Waals surface area (Å²) in [4.78, 5) is 21.9. The molecule has 7 N–H and O–H groups in total. The van der Waals surface area contributed by atoms with Crippen LogP contribution in [0.1, 0.15) is 25.7 Å². The van der Waals surface area contributed by atoms with Crippen molar-refractivity contribution in [1.82, 2.24) is 15.0 Å². The van der Waals surface area contributed by atoms with Gasteiger partial charge in [0.15, 0.2) is 0 Å². The van der Waals surface area contributed by atoms with E-state index in [0.717, 1.165) is 12.8 Å². The summed E-state index contributed by atoms with van der Waals surface area (Å²) in [5, 5.41) is 11.4. The van der Waals surface area contributed by atoms with E-state index in [0.29, 0.717) is 18.9 Å². The normalized spacial score (nSPS) is 10.1. The quantitative estimate of drug-likeness (QED) is 0.241. The van der Waals surface area contributed by atoms with Crippen molar-refractivity contribution in [1.29, 1.82) is 0 Å². The van der Waals surface area contributed by atoms with Gasteiger partial charge < -0.3 is 16.2 Å². The monoisotopic (exact) mass is 255 g/mol. The summed E-state index contributed by atoms with van der Waals surface area (Å²) >= 11 is 0. The topological polar surface area (TPSA) is 152 Å². The molecule has 0 aromatic carbocycles. The zero-order chi connectivity index (χ0) is 13.4. The second kappa shape index (κ2) is 7.22. The molecular formula is C9H17N7O2.